The Labute approximate surface area is 145 Å². The average Bonchev–Trinajstić information content (AvgIpc) is 2.96. The molecule has 0 saturated carbocycles. The van der Waals surface area contributed by atoms with Gasteiger partial charge in [-0.1, -0.05) is 11.6 Å². The molecule has 3 heterocycles. The first-order valence-corrected chi connectivity index (χ1v) is 8.31. The Morgan fingerprint density at radius 3 is 2.71 bits per heavy atom. The van der Waals surface area contributed by atoms with E-state index in [9.17, 15) is 4.79 Å². The number of rotatable bonds is 2. The van der Waals surface area contributed by atoms with E-state index in [1.54, 1.807) is 37.5 Å². The van der Waals surface area contributed by atoms with Crippen LogP contribution < -0.4 is 16.6 Å². The van der Waals surface area contributed by atoms with Crippen molar-refractivity contribution in [1.29, 1.82) is 0 Å². The van der Waals surface area contributed by atoms with Crippen molar-refractivity contribution < 1.29 is 0 Å². The number of fused-ring (bicyclic) bond motifs is 3. The van der Waals surface area contributed by atoms with Crippen molar-refractivity contribution in [1.82, 2.24) is 14.5 Å². The molecule has 0 unspecified atom stereocenters. The van der Waals surface area contributed by atoms with Crippen LogP contribution in [-0.2, 0) is 0 Å². The third kappa shape index (κ3) is 2.13. The van der Waals surface area contributed by atoms with E-state index in [0.29, 0.717) is 26.6 Å². The fraction of sp³-hybridized carbons (Fsp3) is 0.0625. The lowest BCUT2D eigenvalue weighted by Crippen LogP contribution is -2.17. The maximum atomic E-state index is 12.9. The highest BCUT2D eigenvalue weighted by Gasteiger charge is 2.17. The van der Waals surface area contributed by atoms with Crippen molar-refractivity contribution in [2.75, 3.05) is 18.1 Å². The molecular weight excluding hydrogens is 346 g/mol. The van der Waals surface area contributed by atoms with Gasteiger partial charge in [0.1, 0.15) is 21.4 Å². The number of pyridine rings is 1. The number of nitrogens with one attached hydrogen (secondary N) is 1. The van der Waals surface area contributed by atoms with Crippen LogP contribution in [0.25, 0.3) is 26.1 Å². The topological polar surface area (TPSA) is 85.8 Å². The average molecular weight is 358 g/mol. The number of nitrogens with two attached hydrogens (primary N) is 1. The van der Waals surface area contributed by atoms with Gasteiger partial charge in [-0.15, -0.1) is 11.3 Å². The summed E-state index contributed by atoms with van der Waals surface area (Å²) in [5.74, 6) is 0. The molecule has 4 aromatic rings. The molecule has 0 aliphatic rings. The van der Waals surface area contributed by atoms with E-state index in [4.69, 9.17) is 17.3 Å². The maximum Gasteiger partial charge on any atom is 0.275 e. The van der Waals surface area contributed by atoms with E-state index in [1.807, 2.05) is 0 Å². The summed E-state index contributed by atoms with van der Waals surface area (Å²) in [5, 5.41) is 4.45. The molecule has 0 bridgehead atoms. The van der Waals surface area contributed by atoms with Crippen molar-refractivity contribution in [2.24, 2.45) is 0 Å². The number of benzene rings is 1. The lowest BCUT2D eigenvalue weighted by atomic mass is 10.2. The zero-order valence-electron chi connectivity index (χ0n) is 12.6. The quantitative estimate of drug-likeness (QED) is 0.575. The third-order valence-electron chi connectivity index (χ3n) is 3.79. The molecule has 0 atom stereocenters. The van der Waals surface area contributed by atoms with Gasteiger partial charge in [0, 0.05) is 12.1 Å². The first kappa shape index (κ1) is 14.9. The van der Waals surface area contributed by atoms with Gasteiger partial charge in [-0.2, -0.15) is 0 Å². The minimum absolute atomic E-state index is 0.147. The summed E-state index contributed by atoms with van der Waals surface area (Å²) >= 11 is 7.22. The van der Waals surface area contributed by atoms with Gasteiger partial charge in [-0.25, -0.2) is 9.97 Å². The molecule has 8 heteroatoms. The molecule has 3 N–H and O–H groups in total. The first-order chi connectivity index (χ1) is 11.6. The van der Waals surface area contributed by atoms with Crippen LogP contribution >= 0.6 is 22.9 Å². The predicted molar refractivity (Wildman–Crippen MR) is 99.5 cm³/mol. The second kappa shape index (κ2) is 5.47. The maximum absolute atomic E-state index is 12.9. The Morgan fingerprint density at radius 2 is 2.00 bits per heavy atom. The number of hydrogen-bond acceptors (Lipinski definition) is 6. The number of anilines is 2. The van der Waals surface area contributed by atoms with Crippen molar-refractivity contribution in [2.45, 2.75) is 0 Å². The van der Waals surface area contributed by atoms with Crippen LogP contribution in [0.2, 0.25) is 5.02 Å². The van der Waals surface area contributed by atoms with Gasteiger partial charge in [-0.3, -0.25) is 9.36 Å². The van der Waals surface area contributed by atoms with Gasteiger partial charge in [0.15, 0.2) is 0 Å². The fourth-order valence-electron chi connectivity index (χ4n) is 2.66. The third-order valence-corrected chi connectivity index (χ3v) is 5.12. The zero-order valence-corrected chi connectivity index (χ0v) is 14.1. The lowest BCUT2D eigenvalue weighted by Gasteiger charge is -2.07. The Bertz CT molecular complexity index is 1130. The number of halogens is 1. The van der Waals surface area contributed by atoms with Gasteiger partial charge < -0.3 is 11.1 Å². The monoisotopic (exact) mass is 357 g/mol. The van der Waals surface area contributed by atoms with Crippen molar-refractivity contribution in [3.05, 3.63) is 52.2 Å². The first-order valence-electron chi connectivity index (χ1n) is 7.12. The Morgan fingerprint density at radius 1 is 1.25 bits per heavy atom. The standard InChI is InChI=1S/C16H12ClN5OS/c1-19-12-10(18)6-20-15-11(12)13-14(24-15)16(23)22(7-21-13)9-4-2-8(17)3-5-9/h2-7H,18H2,1H3,(H,19,20). The number of nitrogen functional groups attached to an aromatic ring is 1. The smallest absolute Gasteiger partial charge is 0.275 e. The van der Waals surface area contributed by atoms with E-state index in [0.717, 1.165) is 15.9 Å². The summed E-state index contributed by atoms with van der Waals surface area (Å²) in [6.45, 7) is 0. The lowest BCUT2D eigenvalue weighted by molar-refractivity contribution is 0.968. The molecular formula is C16H12ClN5OS. The summed E-state index contributed by atoms with van der Waals surface area (Å²) in [5.41, 5.74) is 8.40. The minimum Gasteiger partial charge on any atom is -0.396 e. The van der Waals surface area contributed by atoms with Gasteiger partial charge in [0.05, 0.1) is 28.6 Å². The molecule has 6 nitrogen and oxygen atoms in total. The molecule has 0 radical (unpaired) electrons. The van der Waals surface area contributed by atoms with Crippen LogP contribution in [-0.4, -0.2) is 21.6 Å². The van der Waals surface area contributed by atoms with E-state index in [1.165, 1.54) is 22.2 Å². The largest absolute Gasteiger partial charge is 0.396 e. The van der Waals surface area contributed by atoms with E-state index < -0.39 is 0 Å². The van der Waals surface area contributed by atoms with Crippen LogP contribution in [0.1, 0.15) is 0 Å². The number of nitrogens with zero attached hydrogens (tertiary/aromatic N) is 3. The summed E-state index contributed by atoms with van der Waals surface area (Å²) in [6.07, 6.45) is 3.10. The summed E-state index contributed by atoms with van der Waals surface area (Å²) in [4.78, 5) is 22.4. The van der Waals surface area contributed by atoms with E-state index in [2.05, 4.69) is 15.3 Å². The Hall–Kier alpha value is -2.64. The van der Waals surface area contributed by atoms with Crippen LogP contribution in [0.15, 0.2) is 41.6 Å². The van der Waals surface area contributed by atoms with Crippen LogP contribution in [0.5, 0.6) is 0 Å². The number of aromatic nitrogens is 3. The highest BCUT2D eigenvalue weighted by atomic mass is 35.5. The summed E-state index contributed by atoms with van der Waals surface area (Å²) in [7, 11) is 1.78. The molecule has 0 spiro atoms. The second-order valence-electron chi connectivity index (χ2n) is 5.19. The van der Waals surface area contributed by atoms with Crippen LogP contribution in [0, 0.1) is 0 Å². The number of hydrogen-bond donors (Lipinski definition) is 2. The second-order valence-corrected chi connectivity index (χ2v) is 6.63. The Kier molecular flexibility index (Phi) is 3.40. The molecule has 24 heavy (non-hydrogen) atoms. The minimum atomic E-state index is -0.147. The van der Waals surface area contributed by atoms with Gasteiger partial charge in [0.2, 0.25) is 0 Å². The summed E-state index contributed by atoms with van der Waals surface area (Å²) in [6, 6.07) is 7.03. The van der Waals surface area contributed by atoms with E-state index >= 15 is 0 Å². The van der Waals surface area contributed by atoms with Crippen LogP contribution in [0.4, 0.5) is 11.4 Å². The van der Waals surface area contributed by atoms with E-state index in [-0.39, 0.29) is 5.56 Å². The zero-order chi connectivity index (χ0) is 16.8. The highest BCUT2D eigenvalue weighted by Crippen LogP contribution is 2.37. The SMILES string of the molecule is CNc1c(N)cnc2sc3c(=O)n(-c4ccc(Cl)cc4)cnc3c12. The molecule has 0 saturated heterocycles. The number of thiophene rings is 1. The Balaban J connectivity index is 2.06. The van der Waals surface area contributed by atoms with Crippen molar-refractivity contribution in [3.63, 3.8) is 0 Å². The molecule has 0 fully saturated rings. The predicted octanol–water partition coefficient (Wildman–Crippen LogP) is 3.27. The molecule has 0 aliphatic heterocycles. The van der Waals surface area contributed by atoms with Crippen molar-refractivity contribution in [3.8, 4) is 5.69 Å². The molecule has 120 valence electrons. The van der Waals surface area contributed by atoms with Crippen LogP contribution in [0.3, 0.4) is 0 Å². The molecule has 4 rings (SSSR count). The van der Waals surface area contributed by atoms with Gasteiger partial charge in [-0.05, 0) is 24.3 Å². The molecule has 0 aliphatic carbocycles. The highest BCUT2D eigenvalue weighted by molar-refractivity contribution is 7.25. The molecule has 0 amide bonds. The molecule has 3 aromatic heterocycles. The van der Waals surface area contributed by atoms with Gasteiger partial charge in [0.25, 0.3) is 5.56 Å². The fourth-order valence-corrected chi connectivity index (χ4v) is 3.83. The van der Waals surface area contributed by atoms with Gasteiger partial charge >= 0.3 is 0 Å². The normalized spacial score (nSPS) is 11.2. The summed E-state index contributed by atoms with van der Waals surface area (Å²) < 4.78 is 2.04. The molecule has 1 aromatic carbocycles. The van der Waals surface area contributed by atoms with Crippen molar-refractivity contribution >= 4 is 54.7 Å².